The highest BCUT2D eigenvalue weighted by molar-refractivity contribution is 4.89. The van der Waals surface area contributed by atoms with E-state index in [-0.39, 0.29) is 0 Å². The van der Waals surface area contributed by atoms with Gasteiger partial charge < -0.3 is 29.9 Å². The molecule has 1 fully saturated rings. The molecule has 0 aromatic rings. The van der Waals surface area contributed by atoms with Crippen LogP contribution in [0.4, 0.5) is 0 Å². The van der Waals surface area contributed by atoms with Crippen molar-refractivity contribution in [3.05, 3.63) is 0 Å². The molecule has 0 spiro atoms. The van der Waals surface area contributed by atoms with Gasteiger partial charge in [-0.2, -0.15) is 0 Å². The van der Waals surface area contributed by atoms with Gasteiger partial charge in [0.1, 0.15) is 24.4 Å². The second-order valence-corrected chi connectivity index (χ2v) is 4.27. The Kier molecular flexibility index (Phi) is 6.32. The summed E-state index contributed by atoms with van der Waals surface area (Å²) >= 11 is 0. The Hall–Kier alpha value is -0.240. The van der Waals surface area contributed by atoms with E-state index in [1.54, 1.807) is 0 Å². The molecule has 102 valence electrons. The van der Waals surface area contributed by atoms with Gasteiger partial charge in [0.15, 0.2) is 6.29 Å². The molecular formula is C11H22O6. The van der Waals surface area contributed by atoms with E-state index in [2.05, 4.69) is 6.92 Å². The van der Waals surface area contributed by atoms with Crippen molar-refractivity contribution in [2.45, 2.75) is 56.9 Å². The maximum absolute atomic E-state index is 9.79. The van der Waals surface area contributed by atoms with Crippen molar-refractivity contribution in [2.75, 3.05) is 13.2 Å². The zero-order chi connectivity index (χ0) is 12.8. The molecule has 1 heterocycles. The monoisotopic (exact) mass is 250 g/mol. The number of rotatable bonds is 6. The zero-order valence-electron chi connectivity index (χ0n) is 10.0. The molecule has 4 N–H and O–H groups in total. The maximum atomic E-state index is 9.79. The minimum Gasteiger partial charge on any atom is -0.394 e. The number of aliphatic hydroxyl groups is 4. The average molecular weight is 250 g/mol. The molecule has 0 bridgehead atoms. The predicted octanol–water partition coefficient (Wildman–Crippen LogP) is -1.01. The van der Waals surface area contributed by atoms with Crippen LogP contribution in [-0.4, -0.2) is 64.3 Å². The topological polar surface area (TPSA) is 99.4 Å². The Balaban J connectivity index is 2.47. The van der Waals surface area contributed by atoms with Gasteiger partial charge in [0.2, 0.25) is 0 Å². The number of hydrogen-bond acceptors (Lipinski definition) is 6. The smallest absolute Gasteiger partial charge is 0.184 e. The van der Waals surface area contributed by atoms with Crippen LogP contribution >= 0.6 is 0 Å². The van der Waals surface area contributed by atoms with Crippen molar-refractivity contribution in [3.63, 3.8) is 0 Å². The summed E-state index contributed by atoms with van der Waals surface area (Å²) in [5, 5.41) is 37.8. The first kappa shape index (κ1) is 14.8. The summed E-state index contributed by atoms with van der Waals surface area (Å²) in [5.41, 5.74) is 0. The van der Waals surface area contributed by atoms with Gasteiger partial charge in [-0.05, 0) is 6.42 Å². The van der Waals surface area contributed by atoms with E-state index >= 15 is 0 Å². The van der Waals surface area contributed by atoms with Crippen LogP contribution in [0.5, 0.6) is 0 Å². The summed E-state index contributed by atoms with van der Waals surface area (Å²) in [7, 11) is 0. The SMILES string of the molecule is CCCCCO[C@H]1[C@H](O)[C@@H](CO)OC(O)[C@@H]1O. The summed E-state index contributed by atoms with van der Waals surface area (Å²) < 4.78 is 10.2. The quantitative estimate of drug-likeness (QED) is 0.451. The third-order valence-electron chi connectivity index (χ3n) is 2.90. The molecule has 0 aromatic carbocycles. The van der Waals surface area contributed by atoms with Gasteiger partial charge in [-0.3, -0.25) is 0 Å². The van der Waals surface area contributed by atoms with E-state index in [0.717, 1.165) is 19.3 Å². The highest BCUT2D eigenvalue weighted by Gasteiger charge is 2.44. The predicted molar refractivity (Wildman–Crippen MR) is 59.2 cm³/mol. The van der Waals surface area contributed by atoms with E-state index in [1.165, 1.54) is 0 Å². The second kappa shape index (κ2) is 7.25. The number of hydrogen-bond donors (Lipinski definition) is 4. The summed E-state index contributed by atoms with van der Waals surface area (Å²) in [6.45, 7) is 2.03. The molecule has 0 amide bonds. The number of ether oxygens (including phenoxy) is 2. The van der Waals surface area contributed by atoms with Gasteiger partial charge in [0, 0.05) is 6.61 Å². The van der Waals surface area contributed by atoms with Gasteiger partial charge in [-0.15, -0.1) is 0 Å². The van der Waals surface area contributed by atoms with Crippen LogP contribution in [0.3, 0.4) is 0 Å². The summed E-state index contributed by atoms with van der Waals surface area (Å²) in [6.07, 6.45) is -2.85. The van der Waals surface area contributed by atoms with Crippen molar-refractivity contribution in [1.29, 1.82) is 0 Å². The number of unbranched alkanes of at least 4 members (excludes halogenated alkanes) is 2. The van der Waals surface area contributed by atoms with Crippen LogP contribution in [0, 0.1) is 0 Å². The van der Waals surface area contributed by atoms with E-state index in [0.29, 0.717) is 6.61 Å². The first-order chi connectivity index (χ1) is 8.11. The molecule has 0 aliphatic carbocycles. The van der Waals surface area contributed by atoms with Gasteiger partial charge in [-0.1, -0.05) is 19.8 Å². The van der Waals surface area contributed by atoms with E-state index in [4.69, 9.17) is 14.6 Å². The molecule has 17 heavy (non-hydrogen) atoms. The summed E-state index contributed by atoms with van der Waals surface area (Å²) in [5.74, 6) is 0. The van der Waals surface area contributed by atoms with Gasteiger partial charge >= 0.3 is 0 Å². The second-order valence-electron chi connectivity index (χ2n) is 4.27. The van der Waals surface area contributed by atoms with Crippen LogP contribution in [-0.2, 0) is 9.47 Å². The van der Waals surface area contributed by atoms with E-state index in [9.17, 15) is 15.3 Å². The molecule has 6 nitrogen and oxygen atoms in total. The molecule has 0 saturated carbocycles. The van der Waals surface area contributed by atoms with Crippen LogP contribution < -0.4 is 0 Å². The molecule has 1 saturated heterocycles. The van der Waals surface area contributed by atoms with Crippen LogP contribution in [0.25, 0.3) is 0 Å². The summed E-state index contributed by atoms with van der Waals surface area (Å²) in [6, 6.07) is 0. The third-order valence-corrected chi connectivity index (χ3v) is 2.90. The molecule has 1 rings (SSSR count). The highest BCUT2D eigenvalue weighted by Crippen LogP contribution is 2.22. The fraction of sp³-hybridized carbons (Fsp3) is 1.00. The normalized spacial score (nSPS) is 38.3. The number of aliphatic hydroxyl groups excluding tert-OH is 4. The Morgan fingerprint density at radius 3 is 2.41 bits per heavy atom. The largest absolute Gasteiger partial charge is 0.394 e. The summed E-state index contributed by atoms with van der Waals surface area (Å²) in [4.78, 5) is 0. The molecule has 6 heteroatoms. The lowest BCUT2D eigenvalue weighted by Crippen LogP contribution is -2.59. The lowest BCUT2D eigenvalue weighted by molar-refractivity contribution is -0.294. The molecule has 1 unspecified atom stereocenters. The molecule has 5 atom stereocenters. The lowest BCUT2D eigenvalue weighted by Gasteiger charge is -2.39. The van der Waals surface area contributed by atoms with Gasteiger partial charge in [0.25, 0.3) is 0 Å². The molecular weight excluding hydrogens is 228 g/mol. The Bertz CT molecular complexity index is 212. The van der Waals surface area contributed by atoms with Crippen molar-refractivity contribution < 1.29 is 29.9 Å². The van der Waals surface area contributed by atoms with Crippen molar-refractivity contribution in [2.24, 2.45) is 0 Å². The third kappa shape index (κ3) is 3.87. The molecule has 1 aliphatic rings. The van der Waals surface area contributed by atoms with Crippen molar-refractivity contribution >= 4 is 0 Å². The maximum Gasteiger partial charge on any atom is 0.184 e. The molecule has 1 aliphatic heterocycles. The van der Waals surface area contributed by atoms with Gasteiger partial charge in [-0.25, -0.2) is 0 Å². The van der Waals surface area contributed by atoms with Crippen molar-refractivity contribution in [3.8, 4) is 0 Å². The minimum atomic E-state index is -1.44. The standard InChI is InChI=1S/C11H22O6/c1-2-3-4-5-16-10-8(13)7(6-12)17-11(15)9(10)14/h7-15H,2-6H2,1H3/t7-,8-,9-,10+,11?/m1/s1. The average Bonchev–Trinajstić information content (AvgIpc) is 2.33. The fourth-order valence-corrected chi connectivity index (χ4v) is 1.84. The zero-order valence-corrected chi connectivity index (χ0v) is 10.0. The fourth-order valence-electron chi connectivity index (χ4n) is 1.84. The van der Waals surface area contributed by atoms with Gasteiger partial charge in [0.05, 0.1) is 6.61 Å². The van der Waals surface area contributed by atoms with Crippen molar-refractivity contribution in [1.82, 2.24) is 0 Å². The lowest BCUT2D eigenvalue weighted by atomic mass is 9.99. The van der Waals surface area contributed by atoms with E-state index < -0.39 is 37.3 Å². The highest BCUT2D eigenvalue weighted by atomic mass is 16.6. The van der Waals surface area contributed by atoms with Crippen LogP contribution in [0.2, 0.25) is 0 Å². The Morgan fingerprint density at radius 1 is 1.12 bits per heavy atom. The molecule has 0 radical (unpaired) electrons. The van der Waals surface area contributed by atoms with E-state index in [1.807, 2.05) is 0 Å². The Labute approximate surface area is 101 Å². The first-order valence-electron chi connectivity index (χ1n) is 6.04. The minimum absolute atomic E-state index is 0.400. The van der Waals surface area contributed by atoms with Crippen LogP contribution in [0.1, 0.15) is 26.2 Å². The van der Waals surface area contributed by atoms with Crippen LogP contribution in [0.15, 0.2) is 0 Å². The Morgan fingerprint density at radius 2 is 1.82 bits per heavy atom. The molecule has 0 aromatic heterocycles. The first-order valence-corrected chi connectivity index (χ1v) is 6.04.